The Morgan fingerprint density at radius 3 is 1.36 bits per heavy atom. The Labute approximate surface area is 86.7 Å². The van der Waals surface area contributed by atoms with Crippen LogP contribution in [0.15, 0.2) is 0 Å². The smallest absolute Gasteiger partial charge is 0.390 e. The van der Waals surface area contributed by atoms with Gasteiger partial charge in [0, 0.05) is 0 Å². The lowest BCUT2D eigenvalue weighted by Gasteiger charge is -2.15. The Morgan fingerprint density at radius 2 is 1.14 bits per heavy atom. The molecule has 0 heterocycles. The van der Waals surface area contributed by atoms with Crippen molar-refractivity contribution < 1.29 is 32.8 Å². The molecule has 0 radical (unpaired) electrons. The van der Waals surface area contributed by atoms with E-state index in [2.05, 4.69) is 12.9 Å². The standard InChI is InChI=1S/C3H12O7P4/c4-1-11-8-14(7,9-12-2-5)10-13-3-6/h4-6,11-13H,1-3H2. The predicted octanol–water partition coefficient (Wildman–Crippen LogP) is 0.774. The van der Waals surface area contributed by atoms with E-state index in [1.165, 1.54) is 0 Å². The Morgan fingerprint density at radius 1 is 0.857 bits per heavy atom. The number of aliphatic hydroxyl groups excluding tert-OH is 3. The Hall–Kier alpha value is 1.28. The van der Waals surface area contributed by atoms with Crippen molar-refractivity contribution in [3.63, 3.8) is 0 Å². The number of phosphoric acid groups is 1. The van der Waals surface area contributed by atoms with Crippen LogP contribution >= 0.6 is 34.2 Å². The van der Waals surface area contributed by atoms with Crippen LogP contribution in [0.25, 0.3) is 0 Å². The lowest BCUT2D eigenvalue weighted by Crippen LogP contribution is -1.87. The normalized spacial score (nSPS) is 17.9. The highest BCUT2D eigenvalue weighted by molar-refractivity contribution is 7.65. The van der Waals surface area contributed by atoms with Crippen LogP contribution in [0.2, 0.25) is 0 Å². The predicted molar refractivity (Wildman–Crippen MR) is 57.1 cm³/mol. The molecule has 0 fully saturated rings. The fourth-order valence-electron chi connectivity index (χ4n) is 0.380. The summed E-state index contributed by atoms with van der Waals surface area (Å²) in [6.45, 7) is 0. The first-order chi connectivity index (χ1) is 6.68. The third-order valence-corrected chi connectivity index (χ3v) is 5.34. The first-order valence-corrected chi connectivity index (χ1v) is 8.16. The van der Waals surface area contributed by atoms with Gasteiger partial charge in [0.15, 0.2) is 0 Å². The quantitative estimate of drug-likeness (QED) is 0.537. The lowest BCUT2D eigenvalue weighted by atomic mass is 11.7. The second kappa shape index (κ2) is 9.50. The fraction of sp³-hybridized carbons (Fsp3) is 1.00. The molecule has 14 heavy (non-hydrogen) atoms. The molecular weight excluding hydrogens is 272 g/mol. The Balaban J connectivity index is 3.97. The van der Waals surface area contributed by atoms with Crippen LogP contribution in [0.3, 0.4) is 0 Å². The molecule has 0 aromatic heterocycles. The van der Waals surface area contributed by atoms with Crippen LogP contribution in [0.1, 0.15) is 0 Å². The maximum atomic E-state index is 11.5. The van der Waals surface area contributed by atoms with Gasteiger partial charge in [-0.1, -0.05) is 0 Å². The van der Waals surface area contributed by atoms with Crippen LogP contribution in [-0.4, -0.2) is 34.4 Å². The molecule has 0 aliphatic heterocycles. The van der Waals surface area contributed by atoms with Gasteiger partial charge in [-0.25, -0.2) is 4.57 Å². The first-order valence-electron chi connectivity index (χ1n) is 3.35. The fourth-order valence-corrected chi connectivity index (χ4v) is 4.42. The van der Waals surface area contributed by atoms with Crippen molar-refractivity contribution in [1.29, 1.82) is 0 Å². The summed E-state index contributed by atoms with van der Waals surface area (Å²) in [6.07, 6.45) is -0.871. The molecule has 0 rings (SSSR count). The van der Waals surface area contributed by atoms with Crippen LogP contribution in [0, 0.1) is 0 Å². The SMILES string of the molecule is O=P(OPCO)(OPCO)OPCO. The minimum absolute atomic E-state index is 0.290. The summed E-state index contributed by atoms with van der Waals surface area (Å²) in [7, 11) is -4.98. The molecule has 0 aromatic rings. The maximum absolute atomic E-state index is 11.5. The highest BCUT2D eigenvalue weighted by atomic mass is 31.3. The van der Waals surface area contributed by atoms with Crippen LogP contribution in [-0.2, 0) is 17.5 Å². The van der Waals surface area contributed by atoms with Crippen molar-refractivity contribution in [1.82, 2.24) is 0 Å². The summed E-state index contributed by atoms with van der Waals surface area (Å²) in [6, 6.07) is 0. The van der Waals surface area contributed by atoms with Gasteiger partial charge in [-0.3, -0.25) is 12.9 Å². The number of hydrogen-bond acceptors (Lipinski definition) is 7. The zero-order valence-corrected chi connectivity index (χ0v) is 10.9. The van der Waals surface area contributed by atoms with E-state index in [-0.39, 0.29) is 19.0 Å². The minimum atomic E-state index is -3.71. The van der Waals surface area contributed by atoms with E-state index in [1.807, 2.05) is 0 Å². The average molecular weight is 284 g/mol. The summed E-state index contributed by atoms with van der Waals surface area (Å²) >= 11 is 0. The van der Waals surface area contributed by atoms with Crippen LogP contribution < -0.4 is 0 Å². The molecule has 3 unspecified atom stereocenters. The van der Waals surface area contributed by atoms with Crippen LogP contribution in [0.5, 0.6) is 0 Å². The van der Waals surface area contributed by atoms with Gasteiger partial charge in [-0.05, 0) is 0 Å². The largest absolute Gasteiger partial charge is 0.483 e. The Kier molecular flexibility index (Phi) is 10.4. The topological polar surface area (TPSA) is 105 Å². The van der Waals surface area contributed by atoms with Crippen LogP contribution in [0.4, 0.5) is 0 Å². The lowest BCUT2D eigenvalue weighted by molar-refractivity contribution is 0.306. The van der Waals surface area contributed by atoms with Gasteiger partial charge in [0.05, 0.1) is 45.5 Å². The van der Waals surface area contributed by atoms with Gasteiger partial charge in [0.25, 0.3) is 0 Å². The molecule has 86 valence electrons. The number of rotatable bonds is 9. The van der Waals surface area contributed by atoms with Crippen molar-refractivity contribution in [3.05, 3.63) is 0 Å². The zero-order chi connectivity index (χ0) is 10.9. The molecular formula is C3H12O7P4. The Bertz CT molecular complexity index is 148. The van der Waals surface area contributed by atoms with Crippen molar-refractivity contribution in [2.24, 2.45) is 0 Å². The third kappa shape index (κ3) is 7.56. The molecule has 3 N–H and O–H groups in total. The molecule has 0 amide bonds. The molecule has 0 spiro atoms. The average Bonchev–Trinajstić information content (AvgIpc) is 2.21. The molecule has 3 atom stereocenters. The molecule has 0 bridgehead atoms. The van der Waals surface area contributed by atoms with Gasteiger partial charge >= 0.3 is 7.82 Å². The number of hydrogen-bond donors (Lipinski definition) is 3. The van der Waals surface area contributed by atoms with Gasteiger partial charge in [-0.15, -0.1) is 0 Å². The van der Waals surface area contributed by atoms with E-state index in [1.54, 1.807) is 0 Å². The van der Waals surface area contributed by atoms with E-state index >= 15 is 0 Å². The summed E-state index contributed by atoms with van der Waals surface area (Å²) in [5.74, 6) is 0. The minimum Gasteiger partial charge on any atom is -0.390 e. The maximum Gasteiger partial charge on any atom is 0.483 e. The van der Waals surface area contributed by atoms with E-state index < -0.39 is 34.2 Å². The first kappa shape index (κ1) is 15.3. The monoisotopic (exact) mass is 284 g/mol. The van der Waals surface area contributed by atoms with Crippen molar-refractivity contribution in [3.8, 4) is 0 Å². The van der Waals surface area contributed by atoms with Gasteiger partial charge in [0.1, 0.15) is 0 Å². The highest BCUT2D eigenvalue weighted by Gasteiger charge is 2.26. The molecule has 0 saturated carbocycles. The third-order valence-electron chi connectivity index (χ3n) is 0.723. The number of aliphatic hydroxyl groups is 3. The van der Waals surface area contributed by atoms with E-state index in [0.717, 1.165) is 0 Å². The van der Waals surface area contributed by atoms with E-state index in [0.29, 0.717) is 0 Å². The van der Waals surface area contributed by atoms with Crippen molar-refractivity contribution in [2.75, 3.05) is 19.0 Å². The molecule has 0 aromatic carbocycles. The van der Waals surface area contributed by atoms with E-state index in [9.17, 15) is 4.57 Å². The second-order valence-corrected chi connectivity index (χ2v) is 6.53. The second-order valence-electron chi connectivity index (χ2n) is 1.63. The highest BCUT2D eigenvalue weighted by Crippen LogP contribution is 2.61. The van der Waals surface area contributed by atoms with Gasteiger partial charge in [0.2, 0.25) is 0 Å². The summed E-state index contributed by atoms with van der Waals surface area (Å²) in [5, 5.41) is 25.3. The molecule has 0 aliphatic rings. The van der Waals surface area contributed by atoms with Crippen molar-refractivity contribution >= 4 is 34.2 Å². The molecule has 11 heteroatoms. The van der Waals surface area contributed by atoms with Gasteiger partial charge in [-0.2, -0.15) is 0 Å². The molecule has 0 saturated heterocycles. The zero-order valence-electron chi connectivity index (χ0n) is 7.04. The van der Waals surface area contributed by atoms with Crippen molar-refractivity contribution in [2.45, 2.75) is 0 Å². The molecule has 0 aliphatic carbocycles. The summed E-state index contributed by atoms with van der Waals surface area (Å²) < 4.78 is 25.5. The summed E-state index contributed by atoms with van der Waals surface area (Å²) in [5.41, 5.74) is 0. The van der Waals surface area contributed by atoms with E-state index in [4.69, 9.17) is 15.3 Å². The van der Waals surface area contributed by atoms with Gasteiger partial charge < -0.3 is 15.3 Å². The summed E-state index contributed by atoms with van der Waals surface area (Å²) in [4.78, 5) is 0. The molecule has 7 nitrogen and oxygen atoms in total.